The summed E-state index contributed by atoms with van der Waals surface area (Å²) in [4.78, 5) is 38.0. The molecule has 64 heavy (non-hydrogen) atoms. The molecule has 0 amide bonds. The number of carbonyl (C=O) groups is 3. The van der Waals surface area contributed by atoms with Crippen LogP contribution in [-0.2, 0) is 28.6 Å². The van der Waals surface area contributed by atoms with Gasteiger partial charge in [0.25, 0.3) is 0 Å². The Morgan fingerprint density at radius 3 is 1.02 bits per heavy atom. The first-order valence-electron chi connectivity index (χ1n) is 27.0. The number of rotatable bonds is 48. The number of hydrogen-bond donors (Lipinski definition) is 0. The molecule has 0 bridgehead atoms. The summed E-state index contributed by atoms with van der Waals surface area (Å²) >= 11 is 0. The molecule has 1 unspecified atom stereocenters. The second-order valence-corrected chi connectivity index (χ2v) is 17.9. The molecule has 0 radical (unpaired) electrons. The van der Waals surface area contributed by atoms with Gasteiger partial charge in [0.05, 0.1) is 0 Å². The molecule has 6 heteroatoms. The summed E-state index contributed by atoms with van der Waals surface area (Å²) in [5.41, 5.74) is 0. The van der Waals surface area contributed by atoms with Crippen molar-refractivity contribution in [3.8, 4) is 0 Å². The maximum atomic E-state index is 12.8. The molecule has 0 rings (SSSR count). The van der Waals surface area contributed by atoms with E-state index in [4.69, 9.17) is 14.2 Å². The topological polar surface area (TPSA) is 78.9 Å². The maximum Gasteiger partial charge on any atom is 0.306 e. The summed E-state index contributed by atoms with van der Waals surface area (Å²) < 4.78 is 16.8. The van der Waals surface area contributed by atoms with Crippen molar-refractivity contribution in [3.63, 3.8) is 0 Å². The Morgan fingerprint density at radius 2 is 0.609 bits per heavy atom. The van der Waals surface area contributed by atoms with Gasteiger partial charge in [0.1, 0.15) is 13.2 Å². The monoisotopic (exact) mass is 893 g/mol. The van der Waals surface area contributed by atoms with Crippen LogP contribution in [0.15, 0.2) is 72.9 Å². The number of ether oxygens (including phenoxy) is 3. The van der Waals surface area contributed by atoms with Gasteiger partial charge in [-0.05, 0) is 64.2 Å². The minimum absolute atomic E-state index is 0.0913. The highest BCUT2D eigenvalue weighted by molar-refractivity contribution is 5.71. The molecule has 0 aromatic carbocycles. The number of hydrogen-bond acceptors (Lipinski definition) is 6. The van der Waals surface area contributed by atoms with Crippen LogP contribution in [-0.4, -0.2) is 37.2 Å². The van der Waals surface area contributed by atoms with E-state index in [-0.39, 0.29) is 31.1 Å². The normalized spacial score (nSPS) is 12.6. The summed E-state index contributed by atoms with van der Waals surface area (Å²) in [7, 11) is 0. The first-order valence-corrected chi connectivity index (χ1v) is 27.0. The van der Waals surface area contributed by atoms with Gasteiger partial charge in [-0.15, -0.1) is 0 Å². The largest absolute Gasteiger partial charge is 0.462 e. The Morgan fingerprint density at radius 1 is 0.328 bits per heavy atom. The van der Waals surface area contributed by atoms with E-state index < -0.39 is 6.10 Å². The van der Waals surface area contributed by atoms with Crippen molar-refractivity contribution < 1.29 is 28.6 Å². The zero-order valence-corrected chi connectivity index (χ0v) is 42.0. The molecular weight excluding hydrogens is 793 g/mol. The Kier molecular flexibility index (Phi) is 49.9. The van der Waals surface area contributed by atoms with Crippen LogP contribution in [0.4, 0.5) is 0 Å². The van der Waals surface area contributed by atoms with E-state index in [1.54, 1.807) is 0 Å². The first kappa shape index (κ1) is 60.9. The fourth-order valence-electron chi connectivity index (χ4n) is 7.50. The summed E-state index contributed by atoms with van der Waals surface area (Å²) in [6.45, 7) is 6.44. The van der Waals surface area contributed by atoms with E-state index in [9.17, 15) is 14.4 Å². The summed E-state index contributed by atoms with van der Waals surface area (Å²) in [6, 6.07) is 0. The average molecular weight is 893 g/mol. The van der Waals surface area contributed by atoms with Gasteiger partial charge in [-0.1, -0.05) is 248 Å². The highest BCUT2D eigenvalue weighted by atomic mass is 16.6. The Hall–Kier alpha value is -3.15. The fraction of sp³-hybridized carbons (Fsp3) is 0.741. The van der Waals surface area contributed by atoms with Crippen molar-refractivity contribution in [1.82, 2.24) is 0 Å². The number of esters is 3. The van der Waals surface area contributed by atoms with Crippen LogP contribution < -0.4 is 0 Å². The number of unbranched alkanes of at least 4 members (excludes halogenated alkanes) is 29. The molecule has 6 nitrogen and oxygen atoms in total. The van der Waals surface area contributed by atoms with Gasteiger partial charge in [-0.3, -0.25) is 14.4 Å². The van der Waals surface area contributed by atoms with Crippen molar-refractivity contribution in [2.24, 2.45) is 0 Å². The molecule has 0 aliphatic heterocycles. The Labute approximate surface area is 395 Å². The average Bonchev–Trinajstić information content (AvgIpc) is 3.29. The van der Waals surface area contributed by atoms with Gasteiger partial charge in [0.15, 0.2) is 6.10 Å². The van der Waals surface area contributed by atoms with Crippen molar-refractivity contribution in [2.45, 2.75) is 264 Å². The van der Waals surface area contributed by atoms with E-state index in [2.05, 4.69) is 63.3 Å². The molecule has 0 saturated carbocycles. The standard InChI is InChI=1S/C58H100O6/c1-4-7-10-13-16-19-22-25-27-28-29-31-33-36-39-42-45-48-51-57(60)63-54-55(53-62-56(59)50-47-44-41-38-35-32-24-21-18-15-12-9-6-3)64-58(61)52-49-46-43-40-37-34-30-26-23-20-17-14-11-8-5-2/h9,12,15,17-18,20-21,23-24,26,32,35,55H,4-8,10-11,13-14,16,19,22,25,27-31,33-34,36-54H2,1-3H3/b12-9+,18-15+,20-17+,24-21+,26-23+,35-32+. The van der Waals surface area contributed by atoms with Gasteiger partial charge in [0, 0.05) is 19.3 Å². The quantitative estimate of drug-likeness (QED) is 0.0262. The Bertz CT molecular complexity index is 1210. The molecule has 0 aromatic heterocycles. The van der Waals surface area contributed by atoms with E-state index in [0.717, 1.165) is 83.5 Å². The lowest BCUT2D eigenvalue weighted by atomic mass is 10.0. The van der Waals surface area contributed by atoms with Crippen LogP contribution in [0.3, 0.4) is 0 Å². The van der Waals surface area contributed by atoms with E-state index >= 15 is 0 Å². The van der Waals surface area contributed by atoms with Crippen LogP contribution in [0.1, 0.15) is 258 Å². The highest BCUT2D eigenvalue weighted by Crippen LogP contribution is 2.16. The molecular formula is C58H100O6. The van der Waals surface area contributed by atoms with Gasteiger partial charge in [-0.2, -0.15) is 0 Å². The van der Waals surface area contributed by atoms with Gasteiger partial charge < -0.3 is 14.2 Å². The van der Waals surface area contributed by atoms with Crippen molar-refractivity contribution in [2.75, 3.05) is 13.2 Å². The third-order valence-electron chi connectivity index (χ3n) is 11.6. The third kappa shape index (κ3) is 49.9. The molecule has 0 aliphatic carbocycles. The molecule has 0 heterocycles. The second kappa shape index (κ2) is 52.5. The van der Waals surface area contributed by atoms with Gasteiger partial charge in [0.2, 0.25) is 0 Å². The van der Waals surface area contributed by atoms with E-state index in [1.807, 2.05) is 30.4 Å². The van der Waals surface area contributed by atoms with Crippen LogP contribution in [0.5, 0.6) is 0 Å². The van der Waals surface area contributed by atoms with Crippen molar-refractivity contribution in [1.29, 1.82) is 0 Å². The number of carbonyl (C=O) groups excluding carboxylic acids is 3. The molecule has 368 valence electrons. The summed E-state index contributed by atoms with van der Waals surface area (Å²) in [5.74, 6) is -0.938. The van der Waals surface area contributed by atoms with Crippen molar-refractivity contribution >= 4 is 17.9 Å². The predicted molar refractivity (Wildman–Crippen MR) is 274 cm³/mol. The lowest BCUT2D eigenvalue weighted by molar-refractivity contribution is -0.167. The predicted octanol–water partition coefficient (Wildman–Crippen LogP) is 17.8. The SMILES string of the molecule is CC/C=C/C=C/C=C/C=C/CCCCCC(=O)OCC(COC(=O)CCCCCCCCCCCCCCCCCCCC)OC(=O)CCCCCCCC/C=C/C=C/CCCCC. The van der Waals surface area contributed by atoms with Gasteiger partial charge in [-0.25, -0.2) is 0 Å². The minimum atomic E-state index is -0.796. The smallest absolute Gasteiger partial charge is 0.306 e. The molecule has 1 atom stereocenters. The van der Waals surface area contributed by atoms with Crippen LogP contribution in [0.2, 0.25) is 0 Å². The zero-order chi connectivity index (χ0) is 46.5. The Balaban J connectivity index is 4.40. The van der Waals surface area contributed by atoms with Crippen LogP contribution >= 0.6 is 0 Å². The summed E-state index contributed by atoms with van der Waals surface area (Å²) in [6.07, 6.45) is 66.0. The van der Waals surface area contributed by atoms with Crippen LogP contribution in [0, 0.1) is 0 Å². The number of allylic oxidation sites excluding steroid dienone is 12. The van der Waals surface area contributed by atoms with E-state index in [1.165, 1.54) is 135 Å². The molecule has 0 fully saturated rings. The van der Waals surface area contributed by atoms with Crippen molar-refractivity contribution in [3.05, 3.63) is 72.9 Å². The first-order chi connectivity index (χ1) is 31.5. The summed E-state index contributed by atoms with van der Waals surface area (Å²) in [5, 5.41) is 0. The fourth-order valence-corrected chi connectivity index (χ4v) is 7.50. The molecule has 0 spiro atoms. The van der Waals surface area contributed by atoms with Crippen LogP contribution in [0.25, 0.3) is 0 Å². The third-order valence-corrected chi connectivity index (χ3v) is 11.6. The van der Waals surface area contributed by atoms with Gasteiger partial charge >= 0.3 is 17.9 Å². The molecule has 0 aliphatic rings. The van der Waals surface area contributed by atoms with E-state index in [0.29, 0.717) is 19.3 Å². The highest BCUT2D eigenvalue weighted by Gasteiger charge is 2.19. The second-order valence-electron chi connectivity index (χ2n) is 17.9. The zero-order valence-electron chi connectivity index (χ0n) is 42.0. The lowest BCUT2D eigenvalue weighted by Gasteiger charge is -2.18. The lowest BCUT2D eigenvalue weighted by Crippen LogP contribution is -2.30. The molecule has 0 aromatic rings. The maximum absolute atomic E-state index is 12.8. The molecule has 0 saturated heterocycles. The molecule has 0 N–H and O–H groups in total. The minimum Gasteiger partial charge on any atom is -0.462 e.